The molecule has 4 aliphatic rings. The summed E-state index contributed by atoms with van der Waals surface area (Å²) in [6.07, 6.45) is 4.13. The Balaban J connectivity index is 0.672. The first-order valence-electron chi connectivity index (χ1n) is 23.5. The molecule has 1 amide bonds. The number of carbonyl (C=O) groups is 1. The third-order valence-corrected chi connectivity index (χ3v) is 16.0. The molecule has 0 unspecified atom stereocenters. The van der Waals surface area contributed by atoms with Crippen LogP contribution in [0.4, 0.5) is 0 Å². The molecular formula is C50H58Cl2N10O4S. The normalized spacial score (nSPS) is 20.6. The van der Waals surface area contributed by atoms with E-state index in [1.807, 2.05) is 80.3 Å². The molecule has 1 aliphatic carbocycles. The Labute approximate surface area is 405 Å². The highest BCUT2D eigenvalue weighted by molar-refractivity contribution is 7.15. The predicted molar refractivity (Wildman–Crippen MR) is 263 cm³/mol. The van der Waals surface area contributed by atoms with E-state index in [9.17, 15) is 9.90 Å². The smallest absolute Gasteiger partial charge is 0.296 e. The molecule has 67 heavy (non-hydrogen) atoms. The van der Waals surface area contributed by atoms with Gasteiger partial charge in [0.15, 0.2) is 11.5 Å². The zero-order valence-electron chi connectivity index (χ0n) is 38.8. The highest BCUT2D eigenvalue weighted by Crippen LogP contribution is 2.41. The summed E-state index contributed by atoms with van der Waals surface area (Å²) in [7, 11) is 0. The Hall–Kier alpha value is -4.90. The van der Waals surface area contributed by atoms with E-state index in [0.717, 1.165) is 104 Å². The molecule has 14 nitrogen and oxygen atoms in total. The summed E-state index contributed by atoms with van der Waals surface area (Å²) in [4.78, 5) is 40.1. The maximum absolute atomic E-state index is 14.0. The van der Waals surface area contributed by atoms with Crippen LogP contribution in [0.25, 0.3) is 27.4 Å². The maximum Gasteiger partial charge on any atom is 0.296 e. The minimum atomic E-state index is -0.705. The molecule has 6 aromatic rings. The van der Waals surface area contributed by atoms with Crippen molar-refractivity contribution in [2.75, 3.05) is 59.0 Å². The van der Waals surface area contributed by atoms with Crippen LogP contribution in [0.1, 0.15) is 85.2 Å². The monoisotopic (exact) mass is 964 g/mol. The molecule has 2 saturated heterocycles. The SMILES string of the molecule is Cc1sc2c(c1C)C(c1ccc(Cl)cc1)=N[C@@H](CC(=O)N1CCN(CC3CCN(CCOc4ccc(-c5nc6nc(OC7CC(C(C)(C)O)C7)[nH]c6cc5Cl)cc4)CC3)CC1)c1nnc(C)n1-2. The van der Waals surface area contributed by atoms with E-state index in [4.69, 9.17) is 42.7 Å². The molecule has 1 saturated carbocycles. The van der Waals surface area contributed by atoms with Crippen LogP contribution in [0, 0.1) is 32.6 Å². The van der Waals surface area contributed by atoms with E-state index in [-0.39, 0.29) is 24.3 Å². The van der Waals surface area contributed by atoms with Gasteiger partial charge >= 0.3 is 0 Å². The molecule has 10 rings (SSSR count). The number of aromatic amines is 1. The van der Waals surface area contributed by atoms with Crippen molar-refractivity contribution in [3.05, 3.63) is 97.9 Å². The predicted octanol–water partition coefficient (Wildman–Crippen LogP) is 8.64. The number of piperidine rings is 1. The van der Waals surface area contributed by atoms with Crippen LogP contribution in [-0.2, 0) is 4.79 Å². The Kier molecular flexibility index (Phi) is 12.9. The number of likely N-dealkylation sites (tertiary alicyclic amines) is 1. The molecule has 1 atom stereocenters. The first-order valence-corrected chi connectivity index (χ1v) is 25.1. The molecule has 17 heteroatoms. The highest BCUT2D eigenvalue weighted by atomic mass is 35.5. The van der Waals surface area contributed by atoms with Gasteiger partial charge in [0.1, 0.15) is 35.3 Å². The number of aryl methyl sites for hydroxylation is 2. The number of aromatic nitrogens is 6. The molecule has 3 aliphatic heterocycles. The summed E-state index contributed by atoms with van der Waals surface area (Å²) in [5.74, 6) is 3.26. The molecule has 3 fully saturated rings. The fraction of sp³-hybridized carbons (Fsp3) is 0.480. The van der Waals surface area contributed by atoms with Crippen molar-refractivity contribution in [2.45, 2.75) is 84.5 Å². The molecule has 0 bridgehead atoms. The zero-order chi connectivity index (χ0) is 46.6. The zero-order valence-corrected chi connectivity index (χ0v) is 41.1. The number of hydrogen-bond donors (Lipinski definition) is 2. The number of fused-ring (bicyclic) bond motifs is 4. The topological polar surface area (TPSA) is 150 Å². The van der Waals surface area contributed by atoms with E-state index in [0.29, 0.717) is 64.4 Å². The first-order chi connectivity index (χ1) is 32.2. The average molecular weight is 966 g/mol. The fourth-order valence-electron chi connectivity index (χ4n) is 9.92. The quantitative estimate of drug-likeness (QED) is 0.115. The Morgan fingerprint density at radius 3 is 2.34 bits per heavy atom. The second-order valence-corrected chi connectivity index (χ2v) is 21.3. The number of aliphatic hydroxyl groups is 1. The van der Waals surface area contributed by atoms with E-state index in [1.54, 1.807) is 11.3 Å². The summed E-state index contributed by atoms with van der Waals surface area (Å²) < 4.78 is 14.3. The fourth-order valence-corrected chi connectivity index (χ4v) is 11.5. The number of nitrogens with zero attached hydrogens (tertiary/aromatic N) is 9. The number of thiophene rings is 1. The van der Waals surface area contributed by atoms with E-state index in [2.05, 4.69) is 48.4 Å². The Morgan fingerprint density at radius 1 is 0.910 bits per heavy atom. The van der Waals surface area contributed by atoms with Gasteiger partial charge in [0, 0.05) is 65.9 Å². The molecule has 2 aromatic carbocycles. The minimum absolute atomic E-state index is 0.0173. The number of halogens is 2. The maximum atomic E-state index is 14.0. The van der Waals surface area contributed by atoms with Crippen molar-refractivity contribution in [1.82, 2.24) is 44.4 Å². The first kappa shape index (κ1) is 45.9. The van der Waals surface area contributed by atoms with Gasteiger partial charge in [-0.25, -0.2) is 4.98 Å². The van der Waals surface area contributed by atoms with Crippen molar-refractivity contribution in [2.24, 2.45) is 16.8 Å². The molecule has 4 aromatic heterocycles. The van der Waals surface area contributed by atoms with Crippen LogP contribution in [0.3, 0.4) is 0 Å². The summed E-state index contributed by atoms with van der Waals surface area (Å²) in [5, 5.41) is 21.6. The molecule has 7 heterocycles. The largest absolute Gasteiger partial charge is 0.492 e. The van der Waals surface area contributed by atoms with Crippen LogP contribution in [0.15, 0.2) is 59.6 Å². The van der Waals surface area contributed by atoms with Crippen molar-refractivity contribution in [3.8, 4) is 28.0 Å². The van der Waals surface area contributed by atoms with Gasteiger partial charge in [0.05, 0.1) is 34.0 Å². The van der Waals surface area contributed by atoms with Gasteiger partial charge in [-0.1, -0.05) is 35.3 Å². The standard InChI is InChI=1S/C50H58Cl2N10O4S/c1-29-30(2)67-48-43(29)45(34-6-10-36(51)11-7-34)53-41(47-58-57-31(3)62(47)48)27-42(63)61-20-18-60(19-21-61)28-32-14-16-59(17-15-32)22-23-65-37-12-8-33(9-13-37)44-39(52)26-40-46(55-44)56-49(54-40)66-38-24-35(25-38)50(4,5)64/h6-13,26,32,35,38,41,64H,14-25,27-28H2,1-5H3,(H,54,55,56)/t35?,38?,41-/m0/s1. The van der Waals surface area contributed by atoms with Crippen LogP contribution in [-0.4, -0.2) is 132 Å². The second kappa shape index (κ2) is 18.9. The summed E-state index contributed by atoms with van der Waals surface area (Å²) >= 11 is 14.7. The van der Waals surface area contributed by atoms with Crippen molar-refractivity contribution in [3.63, 3.8) is 0 Å². The number of amides is 1. The lowest BCUT2D eigenvalue weighted by Gasteiger charge is -2.41. The molecule has 352 valence electrons. The van der Waals surface area contributed by atoms with Gasteiger partial charge in [-0.05, 0) is 133 Å². The lowest BCUT2D eigenvalue weighted by Crippen LogP contribution is -2.50. The van der Waals surface area contributed by atoms with Crippen LogP contribution >= 0.6 is 34.5 Å². The van der Waals surface area contributed by atoms with Crippen LogP contribution in [0.2, 0.25) is 10.0 Å². The number of H-pyrrole nitrogens is 1. The summed E-state index contributed by atoms with van der Waals surface area (Å²) in [5.41, 5.74) is 6.15. The lowest BCUT2D eigenvalue weighted by atomic mass is 9.72. The van der Waals surface area contributed by atoms with E-state index >= 15 is 0 Å². The van der Waals surface area contributed by atoms with Gasteiger partial charge < -0.3 is 24.5 Å². The average Bonchev–Trinajstić information content (AvgIpc) is 3.94. The van der Waals surface area contributed by atoms with E-state index in [1.165, 1.54) is 10.4 Å². The number of aliphatic imine (C=N–C) groups is 1. The number of benzene rings is 2. The molecule has 0 radical (unpaired) electrons. The number of carbonyl (C=O) groups excluding carboxylic acids is 1. The van der Waals surface area contributed by atoms with Gasteiger partial charge in [-0.15, -0.1) is 21.5 Å². The number of rotatable bonds is 13. The third-order valence-electron chi connectivity index (χ3n) is 14.3. The van der Waals surface area contributed by atoms with Crippen molar-refractivity contribution in [1.29, 1.82) is 0 Å². The van der Waals surface area contributed by atoms with E-state index < -0.39 is 11.6 Å². The molecule has 0 spiro atoms. The number of piperazine rings is 1. The van der Waals surface area contributed by atoms with Crippen LogP contribution in [0.5, 0.6) is 11.8 Å². The number of ether oxygens (including phenoxy) is 2. The van der Waals surface area contributed by atoms with Gasteiger partial charge in [-0.3, -0.25) is 24.2 Å². The summed E-state index contributed by atoms with van der Waals surface area (Å²) in [6, 6.07) is 17.5. The van der Waals surface area contributed by atoms with Gasteiger partial charge in [0.2, 0.25) is 5.91 Å². The minimum Gasteiger partial charge on any atom is -0.492 e. The number of pyridine rings is 1. The lowest BCUT2D eigenvalue weighted by molar-refractivity contribution is -0.133. The Morgan fingerprint density at radius 2 is 1.63 bits per heavy atom. The number of imidazole rings is 1. The van der Waals surface area contributed by atoms with Gasteiger partial charge in [0.25, 0.3) is 6.01 Å². The molecule has 2 N–H and O–H groups in total. The summed E-state index contributed by atoms with van der Waals surface area (Å²) in [6.45, 7) is 17.7. The third kappa shape index (κ3) is 9.73. The number of hydrogen-bond acceptors (Lipinski definition) is 12. The van der Waals surface area contributed by atoms with Crippen LogP contribution < -0.4 is 9.47 Å². The Bertz CT molecular complexity index is 2780. The van der Waals surface area contributed by atoms with Gasteiger partial charge in [-0.2, -0.15) is 4.98 Å². The van der Waals surface area contributed by atoms with Crippen molar-refractivity contribution >= 4 is 57.3 Å². The highest BCUT2D eigenvalue weighted by Gasteiger charge is 2.41. The number of nitrogens with one attached hydrogen (secondary N) is 1. The molecular weight excluding hydrogens is 908 g/mol. The second-order valence-electron chi connectivity index (χ2n) is 19.2. The van der Waals surface area contributed by atoms with Crippen molar-refractivity contribution < 1.29 is 19.4 Å².